The summed E-state index contributed by atoms with van der Waals surface area (Å²) in [5.74, 6) is -6.95. The lowest BCUT2D eigenvalue weighted by Gasteiger charge is -2.50. The highest BCUT2D eigenvalue weighted by Gasteiger charge is 2.63. The predicted molar refractivity (Wildman–Crippen MR) is 143 cm³/mol. The third-order valence-electron chi connectivity index (χ3n) is 8.18. The van der Waals surface area contributed by atoms with E-state index in [1.165, 1.54) is 4.90 Å². The highest BCUT2D eigenvalue weighted by atomic mass is 16.3. The number of nitrogens with zero attached hydrogens (tertiary/aromatic N) is 2. The lowest BCUT2D eigenvalue weighted by atomic mass is 9.58. The number of ketones is 2. The molecule has 0 fully saturated rings. The summed E-state index contributed by atoms with van der Waals surface area (Å²) >= 11 is 0. The summed E-state index contributed by atoms with van der Waals surface area (Å²) in [6, 6.07) is 0.631. The number of hydrogen-bond acceptors (Lipinski definition) is 11. The fourth-order valence-electron chi connectivity index (χ4n) is 6.20. The van der Waals surface area contributed by atoms with Crippen molar-refractivity contribution in [3.05, 3.63) is 39.9 Å². The van der Waals surface area contributed by atoms with Gasteiger partial charge in [0.2, 0.25) is 5.78 Å². The van der Waals surface area contributed by atoms with E-state index in [0.717, 1.165) is 0 Å². The van der Waals surface area contributed by atoms with Crippen LogP contribution in [-0.2, 0) is 16.0 Å². The molecule has 12 nitrogen and oxygen atoms in total. The number of allylic oxidation sites excluding steroid dienone is 1. The monoisotopic (exact) mass is 544 g/mol. The molecule has 0 heterocycles. The number of anilines is 2. The molecule has 0 spiro atoms. The molecule has 3 aliphatic rings. The first-order valence-electron chi connectivity index (χ1n) is 12.8. The van der Waals surface area contributed by atoms with Gasteiger partial charge in [0.1, 0.15) is 22.8 Å². The lowest BCUT2D eigenvalue weighted by molar-refractivity contribution is -0.148. The molecule has 0 saturated heterocycles. The van der Waals surface area contributed by atoms with Crippen molar-refractivity contribution in [2.75, 3.05) is 45.0 Å². The number of hydrogen-bond donors (Lipinski definition) is 7. The molecule has 12 heteroatoms. The predicted octanol–water partition coefficient (Wildman–Crippen LogP) is 0.369. The average Bonchev–Trinajstić information content (AvgIpc) is 2.84. The molecule has 1 amide bonds. The number of aliphatic hydroxyl groups is 4. The van der Waals surface area contributed by atoms with Gasteiger partial charge in [0.25, 0.3) is 5.91 Å². The number of likely N-dealkylation sites (N-methyl/N-ethyl adjacent to an activating group) is 1. The van der Waals surface area contributed by atoms with E-state index in [1.54, 1.807) is 46.1 Å². The summed E-state index contributed by atoms with van der Waals surface area (Å²) in [5, 5.41) is 58.1. The third-order valence-corrected chi connectivity index (χ3v) is 8.18. The number of phenolic OH excluding ortho intramolecular Hbond substituents is 1. The number of phenols is 1. The van der Waals surface area contributed by atoms with E-state index in [2.05, 4.69) is 5.32 Å². The molecule has 0 radical (unpaired) electrons. The molecule has 0 aromatic heterocycles. The van der Waals surface area contributed by atoms with Crippen molar-refractivity contribution in [3.8, 4) is 5.75 Å². The number of carbonyl (C=O) groups is 3. The van der Waals surface area contributed by atoms with E-state index >= 15 is 0 Å². The van der Waals surface area contributed by atoms with E-state index in [-0.39, 0.29) is 42.0 Å². The van der Waals surface area contributed by atoms with Crippen molar-refractivity contribution in [1.82, 2.24) is 4.90 Å². The SMILES string of the molecule is CCC(O)CNc1cc(N(C)C)c2c(c1O)C(=O)C1=C(O)[C@]3(O)C(=O)C(C(N)=O)=C(O)[C@@H](N(C)C)[C@@H]3C[C@@H]1C2. The molecule has 0 saturated carbocycles. The van der Waals surface area contributed by atoms with Gasteiger partial charge in [0, 0.05) is 37.8 Å². The van der Waals surface area contributed by atoms with Crippen LogP contribution in [0.1, 0.15) is 35.7 Å². The topological polar surface area (TPSA) is 197 Å². The minimum atomic E-state index is -2.69. The number of primary amides is 1. The number of nitrogens with two attached hydrogens (primary N) is 1. The molecule has 212 valence electrons. The smallest absolute Gasteiger partial charge is 0.255 e. The first kappa shape index (κ1) is 28.4. The molecule has 39 heavy (non-hydrogen) atoms. The number of amides is 1. The van der Waals surface area contributed by atoms with Crippen molar-refractivity contribution in [2.24, 2.45) is 17.6 Å². The van der Waals surface area contributed by atoms with Gasteiger partial charge in [-0.15, -0.1) is 0 Å². The summed E-state index contributed by atoms with van der Waals surface area (Å²) in [6.07, 6.45) is -0.0136. The van der Waals surface area contributed by atoms with Crippen LogP contribution in [0.25, 0.3) is 0 Å². The molecule has 1 unspecified atom stereocenters. The first-order valence-corrected chi connectivity index (χ1v) is 12.8. The number of aromatic hydroxyl groups is 1. The van der Waals surface area contributed by atoms with Gasteiger partial charge in [-0.3, -0.25) is 19.3 Å². The van der Waals surface area contributed by atoms with E-state index < -0.39 is 64.1 Å². The summed E-state index contributed by atoms with van der Waals surface area (Å²) in [4.78, 5) is 42.8. The van der Waals surface area contributed by atoms with Gasteiger partial charge in [0.15, 0.2) is 11.4 Å². The molecular weight excluding hydrogens is 508 g/mol. The van der Waals surface area contributed by atoms with Crippen LogP contribution in [0.2, 0.25) is 0 Å². The largest absolute Gasteiger partial charge is 0.510 e. The van der Waals surface area contributed by atoms with E-state index in [9.17, 15) is 39.9 Å². The van der Waals surface area contributed by atoms with Crippen LogP contribution in [0.4, 0.5) is 11.4 Å². The molecule has 4 rings (SSSR count). The van der Waals surface area contributed by atoms with Gasteiger partial charge in [0.05, 0.1) is 23.4 Å². The van der Waals surface area contributed by atoms with Crippen molar-refractivity contribution < 1.29 is 39.9 Å². The van der Waals surface area contributed by atoms with Gasteiger partial charge in [-0.1, -0.05) is 6.92 Å². The van der Waals surface area contributed by atoms with Crippen LogP contribution in [-0.4, -0.2) is 100 Å². The maximum Gasteiger partial charge on any atom is 0.255 e. The van der Waals surface area contributed by atoms with Gasteiger partial charge in [-0.2, -0.15) is 0 Å². The highest BCUT2D eigenvalue weighted by Crippen LogP contribution is 2.53. The van der Waals surface area contributed by atoms with Crippen molar-refractivity contribution >= 4 is 28.8 Å². The fourth-order valence-corrected chi connectivity index (χ4v) is 6.20. The molecule has 5 atom stereocenters. The first-order chi connectivity index (χ1) is 18.2. The Hall–Kier alpha value is -3.61. The number of carbonyl (C=O) groups excluding carboxylic acids is 3. The Morgan fingerprint density at radius 1 is 1.21 bits per heavy atom. The van der Waals surface area contributed by atoms with Crippen LogP contribution in [0.3, 0.4) is 0 Å². The standard InChI is InChI=1S/C27H36N4O8/c1-6-12(32)10-29-15-9-16(30(2)3)13-7-11-8-14-20(31(4)5)23(35)19(26(28)38)25(37)27(14,39)24(36)17(11)22(34)18(13)21(15)33/h9,11-12,14,20,29,32-33,35-36,39H,6-8,10H2,1-5H3,(H2,28,38)/t11-,12?,14-,20-,27-/m0/s1. The lowest BCUT2D eigenvalue weighted by Crippen LogP contribution is -2.63. The Bertz CT molecular complexity index is 1320. The van der Waals surface area contributed by atoms with Crippen LogP contribution in [0.15, 0.2) is 28.7 Å². The van der Waals surface area contributed by atoms with Crippen molar-refractivity contribution in [2.45, 2.75) is 43.9 Å². The van der Waals surface area contributed by atoms with Crippen LogP contribution in [0.5, 0.6) is 5.75 Å². The fraction of sp³-hybridized carbons (Fsp3) is 0.519. The normalized spacial score (nSPS) is 27.2. The Labute approximate surface area is 226 Å². The van der Waals surface area contributed by atoms with Gasteiger partial charge in [-0.25, -0.2) is 0 Å². The number of fused-ring (bicyclic) bond motifs is 3. The van der Waals surface area contributed by atoms with Gasteiger partial charge < -0.3 is 41.5 Å². The Balaban J connectivity index is 1.93. The molecule has 8 N–H and O–H groups in total. The number of nitrogens with one attached hydrogen (secondary N) is 1. The summed E-state index contributed by atoms with van der Waals surface area (Å²) < 4.78 is 0. The molecule has 1 aromatic carbocycles. The molecule has 0 bridgehead atoms. The summed E-state index contributed by atoms with van der Waals surface area (Å²) in [7, 11) is 6.72. The second-order valence-electron chi connectivity index (χ2n) is 10.9. The summed E-state index contributed by atoms with van der Waals surface area (Å²) in [6.45, 7) is 1.92. The minimum Gasteiger partial charge on any atom is -0.510 e. The zero-order valence-electron chi connectivity index (χ0n) is 22.6. The highest BCUT2D eigenvalue weighted by molar-refractivity contribution is 6.25. The van der Waals surface area contributed by atoms with E-state index in [1.807, 2.05) is 0 Å². The maximum atomic E-state index is 14.0. The number of benzene rings is 1. The van der Waals surface area contributed by atoms with Crippen LogP contribution < -0.4 is 16.0 Å². The molecule has 0 aliphatic heterocycles. The second kappa shape index (κ2) is 9.85. The van der Waals surface area contributed by atoms with Crippen LogP contribution in [0, 0.1) is 11.8 Å². The van der Waals surface area contributed by atoms with Crippen molar-refractivity contribution in [3.63, 3.8) is 0 Å². The zero-order valence-corrected chi connectivity index (χ0v) is 22.6. The number of aliphatic hydroxyl groups excluding tert-OH is 3. The Morgan fingerprint density at radius 3 is 2.38 bits per heavy atom. The van der Waals surface area contributed by atoms with E-state index in [0.29, 0.717) is 17.7 Å². The Kier molecular flexibility index (Phi) is 7.17. The third kappa shape index (κ3) is 4.14. The van der Waals surface area contributed by atoms with E-state index in [4.69, 9.17) is 5.73 Å². The van der Waals surface area contributed by atoms with Gasteiger partial charge >= 0.3 is 0 Å². The number of Topliss-reactive ketones (excluding diaryl/α,β-unsaturated/α-hetero) is 2. The van der Waals surface area contributed by atoms with Gasteiger partial charge in [-0.05, 0) is 50.9 Å². The average molecular weight is 545 g/mol. The van der Waals surface area contributed by atoms with Crippen LogP contribution >= 0.6 is 0 Å². The second-order valence-corrected chi connectivity index (χ2v) is 10.9. The molecular formula is C27H36N4O8. The maximum absolute atomic E-state index is 14.0. The molecule has 1 aromatic rings. The Morgan fingerprint density at radius 2 is 1.85 bits per heavy atom. The zero-order chi connectivity index (χ0) is 29.1. The quantitative estimate of drug-likeness (QED) is 0.185. The number of rotatable bonds is 7. The van der Waals surface area contributed by atoms with Crippen molar-refractivity contribution in [1.29, 1.82) is 0 Å². The molecule has 3 aliphatic carbocycles. The summed E-state index contributed by atoms with van der Waals surface area (Å²) in [5.41, 5.74) is 2.88. The minimum absolute atomic E-state index is 0.0160.